The molecule has 1 aliphatic heterocycles. The van der Waals surface area contributed by atoms with Crippen molar-refractivity contribution in [1.82, 2.24) is 14.5 Å². The van der Waals surface area contributed by atoms with Crippen LogP contribution in [0.25, 0.3) is 0 Å². The van der Waals surface area contributed by atoms with Gasteiger partial charge in [-0.1, -0.05) is 24.6 Å². The Balaban J connectivity index is 1.79. The summed E-state index contributed by atoms with van der Waals surface area (Å²) in [6, 6.07) is 0.344. The number of likely N-dealkylation sites (tertiary alicyclic amines) is 1. The zero-order valence-electron chi connectivity index (χ0n) is 15.3. The quantitative estimate of drug-likeness (QED) is 0.613. The lowest BCUT2D eigenvalue weighted by Gasteiger charge is -2.32. The van der Waals surface area contributed by atoms with Gasteiger partial charge in [0, 0.05) is 19.7 Å². The van der Waals surface area contributed by atoms with E-state index in [2.05, 4.69) is 29.6 Å². The standard InChI is InChI=1S/C19H26N4O2S/c1-22-10-4-3-5-14(22)11-23-12-21-17(18(26)19(23)24)16(20)13-6-8-15(25-2)9-7-13/h6-8,12,14-15,20,26H,3-5,9-11H2,1-2H3. The summed E-state index contributed by atoms with van der Waals surface area (Å²) in [5.74, 6) is 0. The Hall–Kier alpha value is -1.70. The summed E-state index contributed by atoms with van der Waals surface area (Å²) in [5, 5.41) is 8.41. The average Bonchev–Trinajstić information content (AvgIpc) is 2.67. The minimum Gasteiger partial charge on any atom is -0.377 e. The molecule has 2 heterocycles. The van der Waals surface area contributed by atoms with Crippen LogP contribution in [0.1, 0.15) is 31.4 Å². The second kappa shape index (κ2) is 8.33. The van der Waals surface area contributed by atoms with Crippen molar-refractivity contribution >= 4 is 18.3 Å². The van der Waals surface area contributed by atoms with Crippen LogP contribution in [0, 0.1) is 5.41 Å². The molecule has 2 atom stereocenters. The number of methoxy groups -OCH3 is 1. The van der Waals surface area contributed by atoms with Crippen LogP contribution in [-0.4, -0.2) is 53.0 Å². The van der Waals surface area contributed by atoms with Crippen molar-refractivity contribution in [3.05, 3.63) is 46.2 Å². The second-order valence-corrected chi connectivity index (χ2v) is 7.38. The lowest BCUT2D eigenvalue weighted by molar-refractivity contribution is 0.142. The number of hydrogen-bond donors (Lipinski definition) is 2. The largest absolute Gasteiger partial charge is 0.377 e. The van der Waals surface area contributed by atoms with Crippen molar-refractivity contribution < 1.29 is 4.74 Å². The molecular formula is C19H26N4O2S. The Labute approximate surface area is 159 Å². The Kier molecular flexibility index (Phi) is 6.11. The molecule has 3 rings (SSSR count). The summed E-state index contributed by atoms with van der Waals surface area (Å²) >= 11 is 4.39. The molecule has 0 spiro atoms. The van der Waals surface area contributed by atoms with Crippen LogP contribution in [0.4, 0.5) is 0 Å². The van der Waals surface area contributed by atoms with Gasteiger partial charge in [-0.05, 0) is 38.4 Å². The van der Waals surface area contributed by atoms with Crippen LogP contribution >= 0.6 is 12.6 Å². The van der Waals surface area contributed by atoms with Gasteiger partial charge < -0.3 is 9.64 Å². The van der Waals surface area contributed by atoms with Crippen LogP contribution in [0.2, 0.25) is 0 Å². The maximum absolute atomic E-state index is 12.7. The van der Waals surface area contributed by atoms with Crippen molar-refractivity contribution in [2.75, 3.05) is 20.7 Å². The first kappa shape index (κ1) is 19.1. The van der Waals surface area contributed by atoms with E-state index in [-0.39, 0.29) is 22.3 Å². The topological polar surface area (TPSA) is 71.2 Å². The van der Waals surface area contributed by atoms with Gasteiger partial charge in [-0.15, -0.1) is 12.6 Å². The van der Waals surface area contributed by atoms with E-state index in [1.807, 2.05) is 18.2 Å². The van der Waals surface area contributed by atoms with Gasteiger partial charge in [-0.25, -0.2) is 4.98 Å². The number of ether oxygens (including phenoxy) is 1. The molecule has 140 valence electrons. The molecule has 0 saturated carbocycles. The van der Waals surface area contributed by atoms with Gasteiger partial charge in [-0.3, -0.25) is 14.8 Å². The number of thiol groups is 1. The number of nitrogens with one attached hydrogen (secondary N) is 1. The summed E-state index contributed by atoms with van der Waals surface area (Å²) in [7, 11) is 3.76. The number of aromatic nitrogens is 2. The fourth-order valence-corrected chi connectivity index (χ4v) is 3.79. The Morgan fingerprint density at radius 2 is 2.27 bits per heavy atom. The molecule has 26 heavy (non-hydrogen) atoms. The van der Waals surface area contributed by atoms with Crippen molar-refractivity contribution in [2.45, 2.75) is 49.3 Å². The van der Waals surface area contributed by atoms with E-state index in [4.69, 9.17) is 10.1 Å². The minimum atomic E-state index is -0.183. The molecule has 0 radical (unpaired) electrons. The van der Waals surface area contributed by atoms with E-state index in [0.717, 1.165) is 18.5 Å². The maximum Gasteiger partial charge on any atom is 0.267 e. The Bertz CT molecular complexity index is 799. The number of nitrogens with zero attached hydrogens (tertiary/aromatic N) is 3. The third-order valence-corrected chi connectivity index (χ3v) is 5.63. The Morgan fingerprint density at radius 3 is 2.92 bits per heavy atom. The van der Waals surface area contributed by atoms with Crippen molar-refractivity contribution in [3.63, 3.8) is 0 Å². The molecule has 1 N–H and O–H groups in total. The van der Waals surface area contributed by atoms with Crippen LogP contribution in [-0.2, 0) is 11.3 Å². The van der Waals surface area contributed by atoms with Crippen LogP contribution < -0.4 is 5.56 Å². The van der Waals surface area contributed by atoms with Crippen molar-refractivity contribution in [1.29, 1.82) is 5.41 Å². The number of hydrogen-bond acceptors (Lipinski definition) is 6. The minimum absolute atomic E-state index is 0.0375. The van der Waals surface area contributed by atoms with Crippen molar-refractivity contribution in [3.8, 4) is 0 Å². The summed E-state index contributed by atoms with van der Waals surface area (Å²) in [6.45, 7) is 1.67. The number of allylic oxidation sites excluding steroid dienone is 2. The predicted octanol–water partition coefficient (Wildman–Crippen LogP) is 2.29. The molecule has 7 heteroatoms. The highest BCUT2D eigenvalue weighted by Crippen LogP contribution is 2.19. The summed E-state index contributed by atoms with van der Waals surface area (Å²) in [4.78, 5) is 19.6. The first-order chi connectivity index (χ1) is 12.5. The highest BCUT2D eigenvalue weighted by Gasteiger charge is 2.22. The van der Waals surface area contributed by atoms with Gasteiger partial charge in [0.1, 0.15) is 5.69 Å². The smallest absolute Gasteiger partial charge is 0.267 e. The summed E-state index contributed by atoms with van der Waals surface area (Å²) < 4.78 is 6.90. The van der Waals surface area contributed by atoms with E-state index in [1.54, 1.807) is 18.0 Å². The normalized spacial score (nSPS) is 23.7. The fourth-order valence-electron chi connectivity index (χ4n) is 3.49. The molecule has 0 aromatic carbocycles. The summed E-state index contributed by atoms with van der Waals surface area (Å²) in [5.41, 5.74) is 1.11. The lowest BCUT2D eigenvalue weighted by Crippen LogP contribution is -2.41. The van der Waals surface area contributed by atoms with Gasteiger partial charge in [0.2, 0.25) is 0 Å². The van der Waals surface area contributed by atoms with E-state index < -0.39 is 0 Å². The van der Waals surface area contributed by atoms with E-state index >= 15 is 0 Å². The molecule has 1 aromatic rings. The highest BCUT2D eigenvalue weighted by atomic mass is 32.1. The first-order valence-corrected chi connectivity index (χ1v) is 9.45. The zero-order chi connectivity index (χ0) is 18.7. The molecular weight excluding hydrogens is 348 g/mol. The SMILES string of the molecule is COC1C=CC(C(=N)c2ncn(CC3CCCCN3C)c(=O)c2S)=CC1. The molecule has 1 saturated heterocycles. The van der Waals surface area contributed by atoms with Gasteiger partial charge in [0.25, 0.3) is 5.56 Å². The monoisotopic (exact) mass is 374 g/mol. The fraction of sp³-hybridized carbons (Fsp3) is 0.526. The Morgan fingerprint density at radius 1 is 1.46 bits per heavy atom. The van der Waals surface area contributed by atoms with Crippen LogP contribution in [0.3, 0.4) is 0 Å². The number of likely N-dealkylation sites (N-methyl/N-ethyl adjacent to an activating group) is 1. The average molecular weight is 375 g/mol. The third-order valence-electron chi connectivity index (χ3n) is 5.23. The summed E-state index contributed by atoms with van der Waals surface area (Å²) in [6.07, 6.45) is 11.5. The molecule has 1 aromatic heterocycles. The highest BCUT2D eigenvalue weighted by molar-refractivity contribution is 7.80. The van der Waals surface area contributed by atoms with Gasteiger partial charge in [-0.2, -0.15) is 0 Å². The van der Waals surface area contributed by atoms with Crippen molar-refractivity contribution in [2.24, 2.45) is 0 Å². The lowest BCUT2D eigenvalue weighted by atomic mass is 9.99. The molecule has 6 nitrogen and oxygen atoms in total. The van der Waals surface area contributed by atoms with Crippen LogP contribution in [0.15, 0.2) is 39.8 Å². The zero-order valence-corrected chi connectivity index (χ0v) is 16.2. The second-order valence-electron chi connectivity index (χ2n) is 6.93. The third kappa shape index (κ3) is 4.00. The predicted molar refractivity (Wildman–Crippen MR) is 105 cm³/mol. The number of rotatable bonds is 5. The molecule has 1 aliphatic carbocycles. The molecule has 2 unspecified atom stereocenters. The molecule has 2 aliphatic rings. The van der Waals surface area contributed by atoms with E-state index in [1.165, 1.54) is 12.8 Å². The van der Waals surface area contributed by atoms with Gasteiger partial charge >= 0.3 is 0 Å². The molecule has 0 bridgehead atoms. The maximum atomic E-state index is 12.7. The van der Waals surface area contributed by atoms with Crippen LogP contribution in [0.5, 0.6) is 0 Å². The molecule has 0 amide bonds. The number of piperidine rings is 1. The van der Waals surface area contributed by atoms with E-state index in [0.29, 0.717) is 24.7 Å². The van der Waals surface area contributed by atoms with E-state index in [9.17, 15) is 4.79 Å². The first-order valence-electron chi connectivity index (χ1n) is 9.00. The van der Waals surface area contributed by atoms with Gasteiger partial charge in [0.05, 0.1) is 23.0 Å². The molecule has 1 fully saturated rings. The van der Waals surface area contributed by atoms with Gasteiger partial charge in [0.15, 0.2) is 0 Å².